The molecule has 0 aromatic rings. The van der Waals surface area contributed by atoms with Gasteiger partial charge < -0.3 is 5.32 Å². The van der Waals surface area contributed by atoms with Crippen molar-refractivity contribution in [1.29, 1.82) is 0 Å². The second-order valence-corrected chi connectivity index (χ2v) is 9.56. The Morgan fingerprint density at radius 1 is 0.833 bits per heavy atom. The smallest absolute Gasteiger partial charge is 0.0163 e. The predicted molar refractivity (Wildman–Crippen MR) is 81.9 cm³/mol. The first kappa shape index (κ1) is 13.4. The van der Waals surface area contributed by atoms with Crippen molar-refractivity contribution in [3.8, 4) is 0 Å². The lowest BCUT2D eigenvalue weighted by atomic mass is 9.79. The summed E-state index contributed by atoms with van der Waals surface area (Å²) in [5.41, 5.74) is 2.17. The molecule has 1 aliphatic heterocycles. The summed E-state index contributed by atoms with van der Waals surface area (Å²) in [6, 6.07) is 0.908. The van der Waals surface area contributed by atoms with E-state index in [0.717, 1.165) is 23.3 Å². The van der Waals surface area contributed by atoms with Crippen LogP contribution < -0.4 is 5.32 Å². The monoisotopic (exact) mass is 267 g/mol. The number of fused-ring (bicyclic) bond motifs is 1. The maximum atomic E-state index is 3.91. The lowest BCUT2D eigenvalue weighted by Crippen LogP contribution is -2.51. The number of piperidine rings is 1. The highest BCUT2D eigenvalue weighted by Gasteiger charge is 2.39. The molecular weight excluding hydrogens is 237 g/mol. The molecule has 4 atom stereocenters. The van der Waals surface area contributed by atoms with Gasteiger partial charge in [0.05, 0.1) is 0 Å². The van der Waals surface area contributed by atoms with Gasteiger partial charge in [0, 0.05) is 6.04 Å². The van der Waals surface area contributed by atoms with Gasteiger partial charge in [0.25, 0.3) is 0 Å². The van der Waals surface area contributed by atoms with Crippen molar-refractivity contribution in [1.82, 2.24) is 5.32 Å². The molecule has 0 radical (unpaired) electrons. The molecule has 4 unspecified atom stereocenters. The van der Waals surface area contributed by atoms with Crippen molar-refractivity contribution in [2.75, 3.05) is 13.2 Å². The average Bonchev–Trinajstić information content (AvgIpc) is 2.47. The molecule has 3 aliphatic rings. The molecule has 1 nitrogen and oxygen atoms in total. The Balaban J connectivity index is 1.65. The molecule has 2 heteroatoms. The van der Waals surface area contributed by atoms with Gasteiger partial charge in [0.2, 0.25) is 0 Å². The van der Waals surface area contributed by atoms with E-state index in [0.29, 0.717) is 0 Å². The van der Waals surface area contributed by atoms with Gasteiger partial charge in [-0.05, 0) is 69.0 Å². The Labute approximate surface area is 114 Å². The fourth-order valence-corrected chi connectivity index (χ4v) is 7.90. The predicted octanol–water partition coefficient (Wildman–Crippen LogP) is 4.35. The summed E-state index contributed by atoms with van der Waals surface area (Å²) in [6.07, 6.45) is 15.2. The van der Waals surface area contributed by atoms with Crippen molar-refractivity contribution < 1.29 is 0 Å². The second-order valence-electron chi connectivity index (χ2n) is 6.84. The van der Waals surface area contributed by atoms with E-state index in [4.69, 9.17) is 0 Å². The van der Waals surface area contributed by atoms with Gasteiger partial charge in [0.15, 0.2) is 0 Å². The first-order chi connectivity index (χ1) is 8.86. The summed E-state index contributed by atoms with van der Waals surface area (Å²) >= 11 is 0. The Kier molecular flexibility index (Phi) is 4.63. The van der Waals surface area contributed by atoms with Crippen LogP contribution in [0, 0.1) is 5.92 Å². The molecule has 0 amide bonds. The van der Waals surface area contributed by atoms with Crippen molar-refractivity contribution in [3.05, 3.63) is 0 Å². The Hall–Kier alpha value is 0.390. The summed E-state index contributed by atoms with van der Waals surface area (Å²) in [6.45, 7) is 3.94. The summed E-state index contributed by atoms with van der Waals surface area (Å²) in [7, 11) is 0.277. The molecule has 3 rings (SSSR count). The molecule has 2 saturated carbocycles. The Bertz CT molecular complexity index is 260. The van der Waals surface area contributed by atoms with Gasteiger partial charge in [0.1, 0.15) is 0 Å². The van der Waals surface area contributed by atoms with Crippen LogP contribution in [0.4, 0.5) is 0 Å². The third-order valence-corrected chi connectivity index (χ3v) is 9.10. The first-order valence-electron chi connectivity index (χ1n) is 8.31. The molecule has 0 aromatic heterocycles. The summed E-state index contributed by atoms with van der Waals surface area (Å²) in [5, 5.41) is 3.91. The van der Waals surface area contributed by atoms with Crippen molar-refractivity contribution in [2.24, 2.45) is 5.92 Å². The first-order valence-corrected chi connectivity index (χ1v) is 10.2. The second kappa shape index (κ2) is 6.23. The molecule has 1 N–H and O–H groups in total. The fourth-order valence-electron chi connectivity index (χ4n) is 4.74. The molecule has 1 heterocycles. The van der Waals surface area contributed by atoms with E-state index in [9.17, 15) is 0 Å². The van der Waals surface area contributed by atoms with Crippen LogP contribution in [0.3, 0.4) is 0 Å². The average molecular weight is 267 g/mol. The standard InChI is InChI=1S/C16H30NP/c1-18(14-9-3-2-4-10-14)15-11-5-7-13-8-6-12-17-16(13)15/h13-17H,2-12H2,1H3. The number of hydrogen-bond donors (Lipinski definition) is 1. The molecule has 18 heavy (non-hydrogen) atoms. The summed E-state index contributed by atoms with van der Waals surface area (Å²) in [4.78, 5) is 0. The third kappa shape index (κ3) is 2.78. The van der Waals surface area contributed by atoms with Gasteiger partial charge in [-0.2, -0.15) is 0 Å². The maximum Gasteiger partial charge on any atom is 0.0163 e. The molecule has 2 aliphatic carbocycles. The van der Waals surface area contributed by atoms with Gasteiger partial charge in [-0.1, -0.05) is 25.7 Å². The number of rotatable bonds is 2. The quantitative estimate of drug-likeness (QED) is 0.733. The molecular formula is C16H30NP. The minimum atomic E-state index is 0.277. The van der Waals surface area contributed by atoms with Crippen molar-refractivity contribution in [2.45, 2.75) is 81.6 Å². The van der Waals surface area contributed by atoms with E-state index < -0.39 is 0 Å². The molecule has 3 fully saturated rings. The number of hydrogen-bond acceptors (Lipinski definition) is 1. The number of nitrogens with one attached hydrogen (secondary N) is 1. The molecule has 0 aromatic carbocycles. The highest BCUT2D eigenvalue weighted by molar-refractivity contribution is 7.58. The topological polar surface area (TPSA) is 12.0 Å². The van der Waals surface area contributed by atoms with Gasteiger partial charge >= 0.3 is 0 Å². The van der Waals surface area contributed by atoms with Crippen LogP contribution in [0.1, 0.15) is 64.2 Å². The molecule has 0 spiro atoms. The van der Waals surface area contributed by atoms with Crippen LogP contribution in [0.2, 0.25) is 0 Å². The highest BCUT2D eigenvalue weighted by atomic mass is 31.1. The van der Waals surface area contributed by atoms with Gasteiger partial charge in [-0.3, -0.25) is 0 Å². The minimum absolute atomic E-state index is 0.277. The van der Waals surface area contributed by atoms with Gasteiger partial charge in [-0.15, -0.1) is 7.92 Å². The van der Waals surface area contributed by atoms with E-state index in [-0.39, 0.29) is 7.92 Å². The summed E-state index contributed by atoms with van der Waals surface area (Å²) in [5.74, 6) is 1.03. The van der Waals surface area contributed by atoms with Gasteiger partial charge in [-0.25, -0.2) is 0 Å². The highest BCUT2D eigenvalue weighted by Crippen LogP contribution is 2.54. The van der Waals surface area contributed by atoms with Crippen LogP contribution in [-0.4, -0.2) is 30.6 Å². The normalized spacial score (nSPS) is 40.2. The van der Waals surface area contributed by atoms with Crippen LogP contribution in [0.25, 0.3) is 0 Å². The van der Waals surface area contributed by atoms with Crippen LogP contribution >= 0.6 is 7.92 Å². The maximum absolute atomic E-state index is 3.91. The fraction of sp³-hybridized carbons (Fsp3) is 1.00. The Morgan fingerprint density at radius 3 is 2.44 bits per heavy atom. The zero-order valence-electron chi connectivity index (χ0n) is 12.0. The van der Waals surface area contributed by atoms with Crippen molar-refractivity contribution in [3.63, 3.8) is 0 Å². The van der Waals surface area contributed by atoms with E-state index in [1.54, 1.807) is 12.8 Å². The molecule has 104 valence electrons. The molecule has 1 saturated heterocycles. The lowest BCUT2D eigenvalue weighted by Gasteiger charge is -2.47. The zero-order chi connectivity index (χ0) is 12.4. The third-order valence-electron chi connectivity index (χ3n) is 5.80. The lowest BCUT2D eigenvalue weighted by molar-refractivity contribution is 0.215. The zero-order valence-corrected chi connectivity index (χ0v) is 12.9. The van der Waals surface area contributed by atoms with Crippen molar-refractivity contribution >= 4 is 7.92 Å². The Morgan fingerprint density at radius 2 is 1.61 bits per heavy atom. The SMILES string of the molecule is CP(C1CCCCC1)C1CCCC2CCCNC21. The van der Waals surface area contributed by atoms with E-state index in [2.05, 4.69) is 12.0 Å². The molecule has 0 bridgehead atoms. The largest absolute Gasteiger partial charge is 0.313 e. The van der Waals surface area contributed by atoms with Crippen LogP contribution in [0.5, 0.6) is 0 Å². The van der Waals surface area contributed by atoms with Crippen LogP contribution in [-0.2, 0) is 0 Å². The van der Waals surface area contributed by atoms with Crippen LogP contribution in [0.15, 0.2) is 0 Å². The summed E-state index contributed by atoms with van der Waals surface area (Å²) < 4.78 is 0. The van der Waals surface area contributed by atoms with E-state index in [1.165, 1.54) is 57.9 Å². The van der Waals surface area contributed by atoms with E-state index in [1.807, 2.05) is 0 Å². The van der Waals surface area contributed by atoms with E-state index >= 15 is 0 Å². The minimum Gasteiger partial charge on any atom is -0.313 e.